The van der Waals surface area contributed by atoms with Crippen molar-refractivity contribution in [1.82, 2.24) is 0 Å². The maximum Gasteiger partial charge on any atom is 0.222 e. The number of aliphatic imine (C=N–C) groups is 1. The number of hydrogen-bond acceptors (Lipinski definition) is 2. The molecule has 0 aliphatic carbocycles. The van der Waals surface area contributed by atoms with Gasteiger partial charge in [0.15, 0.2) is 0 Å². The predicted molar refractivity (Wildman–Crippen MR) is 55.9 cm³/mol. The number of hydrogen-bond donors (Lipinski definition) is 0. The quantitative estimate of drug-likeness (QED) is 0.737. The van der Waals surface area contributed by atoms with Gasteiger partial charge in [0.2, 0.25) is 5.90 Å². The first kappa shape index (κ1) is 8.51. The normalized spacial score (nSPS) is 18.5. The second-order valence-electron chi connectivity index (χ2n) is 2.66. The van der Waals surface area contributed by atoms with E-state index in [1.807, 2.05) is 30.3 Å². The largest absolute Gasteiger partial charge is 0.441 e. The first-order valence-electron chi connectivity index (χ1n) is 3.97. The van der Waals surface area contributed by atoms with Crippen molar-refractivity contribution in [2.24, 2.45) is 4.99 Å². The van der Waals surface area contributed by atoms with E-state index in [0.717, 1.165) is 11.3 Å². The minimum atomic E-state index is 0.621. The summed E-state index contributed by atoms with van der Waals surface area (Å²) in [5, 5.41) is 0. The molecule has 66 valence electrons. The van der Waals surface area contributed by atoms with Crippen LogP contribution in [0.2, 0.25) is 0 Å². The molecular weight excluding hydrogens is 230 g/mol. The van der Waals surface area contributed by atoms with E-state index in [1.165, 1.54) is 0 Å². The number of halogens is 1. The van der Waals surface area contributed by atoms with Crippen LogP contribution < -0.4 is 0 Å². The minimum Gasteiger partial charge on any atom is -0.441 e. The molecule has 0 atom stereocenters. The second kappa shape index (κ2) is 3.75. The molecule has 13 heavy (non-hydrogen) atoms. The molecule has 0 amide bonds. The standard InChI is InChI=1S/C10H8BrNO/c11-6-9-7-12-10(13-9)8-4-2-1-3-5-8/h1-6H,7H2/b9-6+. The van der Waals surface area contributed by atoms with Crippen LogP contribution in [-0.2, 0) is 4.74 Å². The molecule has 3 heteroatoms. The van der Waals surface area contributed by atoms with E-state index >= 15 is 0 Å². The van der Waals surface area contributed by atoms with E-state index < -0.39 is 0 Å². The molecular formula is C10H8BrNO. The molecule has 0 spiro atoms. The van der Waals surface area contributed by atoms with Gasteiger partial charge in [0.25, 0.3) is 0 Å². The van der Waals surface area contributed by atoms with Crippen LogP contribution in [0.1, 0.15) is 5.56 Å². The van der Waals surface area contributed by atoms with Crippen LogP contribution in [-0.4, -0.2) is 12.4 Å². The summed E-state index contributed by atoms with van der Waals surface area (Å²) in [6.45, 7) is 0.621. The molecule has 0 radical (unpaired) electrons. The van der Waals surface area contributed by atoms with Gasteiger partial charge in [-0.3, -0.25) is 0 Å². The smallest absolute Gasteiger partial charge is 0.222 e. The summed E-state index contributed by atoms with van der Waals surface area (Å²) in [5.41, 5.74) is 1.02. The molecule has 0 bridgehead atoms. The Hall–Kier alpha value is -1.09. The monoisotopic (exact) mass is 237 g/mol. The van der Waals surface area contributed by atoms with Crippen LogP contribution in [0, 0.1) is 0 Å². The molecule has 0 unspecified atom stereocenters. The van der Waals surface area contributed by atoms with Crippen molar-refractivity contribution in [3.8, 4) is 0 Å². The van der Waals surface area contributed by atoms with Crippen LogP contribution in [0.15, 0.2) is 46.1 Å². The maximum absolute atomic E-state index is 5.46. The fourth-order valence-electron chi connectivity index (χ4n) is 1.13. The van der Waals surface area contributed by atoms with Gasteiger partial charge < -0.3 is 4.74 Å². The molecule has 1 aliphatic rings. The molecule has 0 aromatic heterocycles. The van der Waals surface area contributed by atoms with Gasteiger partial charge in [-0.05, 0) is 12.1 Å². The number of rotatable bonds is 1. The first-order valence-corrected chi connectivity index (χ1v) is 4.88. The molecule has 1 aromatic carbocycles. The van der Waals surface area contributed by atoms with Gasteiger partial charge >= 0.3 is 0 Å². The summed E-state index contributed by atoms with van der Waals surface area (Å²) in [4.78, 5) is 6.01. The lowest BCUT2D eigenvalue weighted by atomic mass is 10.2. The van der Waals surface area contributed by atoms with Crippen LogP contribution in [0.3, 0.4) is 0 Å². The average Bonchev–Trinajstić information content (AvgIpc) is 2.67. The van der Waals surface area contributed by atoms with Crippen molar-refractivity contribution >= 4 is 21.8 Å². The third-order valence-corrected chi connectivity index (χ3v) is 2.26. The molecule has 2 nitrogen and oxygen atoms in total. The Bertz CT molecular complexity index is 356. The van der Waals surface area contributed by atoms with Gasteiger partial charge in [-0.2, -0.15) is 0 Å². The number of benzene rings is 1. The van der Waals surface area contributed by atoms with Crippen molar-refractivity contribution in [3.05, 3.63) is 46.6 Å². The Morgan fingerprint density at radius 2 is 2.08 bits per heavy atom. The van der Waals surface area contributed by atoms with E-state index in [9.17, 15) is 0 Å². The number of nitrogens with zero attached hydrogens (tertiary/aromatic N) is 1. The fourth-order valence-corrected chi connectivity index (χ4v) is 1.36. The molecule has 2 rings (SSSR count). The van der Waals surface area contributed by atoms with Crippen LogP contribution in [0.4, 0.5) is 0 Å². The average molecular weight is 238 g/mol. The Morgan fingerprint density at radius 3 is 2.69 bits per heavy atom. The molecule has 1 heterocycles. The molecule has 0 fully saturated rings. The highest BCUT2D eigenvalue weighted by Gasteiger charge is 2.13. The zero-order valence-corrected chi connectivity index (χ0v) is 8.49. The molecule has 1 aromatic rings. The van der Waals surface area contributed by atoms with Gasteiger partial charge in [-0.15, -0.1) is 0 Å². The van der Waals surface area contributed by atoms with E-state index in [2.05, 4.69) is 20.9 Å². The van der Waals surface area contributed by atoms with E-state index in [-0.39, 0.29) is 0 Å². The molecule has 0 N–H and O–H groups in total. The van der Waals surface area contributed by atoms with Crippen molar-refractivity contribution in [3.63, 3.8) is 0 Å². The van der Waals surface area contributed by atoms with Crippen LogP contribution >= 0.6 is 15.9 Å². The number of ether oxygens (including phenoxy) is 1. The minimum absolute atomic E-state index is 0.621. The third kappa shape index (κ3) is 1.80. The van der Waals surface area contributed by atoms with Crippen molar-refractivity contribution in [2.75, 3.05) is 6.54 Å². The molecule has 0 saturated heterocycles. The SMILES string of the molecule is Br/C=C1\CN=C(c2ccccc2)O1. The highest BCUT2D eigenvalue weighted by Crippen LogP contribution is 2.15. The topological polar surface area (TPSA) is 21.6 Å². The van der Waals surface area contributed by atoms with E-state index in [4.69, 9.17) is 4.74 Å². The Kier molecular flexibility index (Phi) is 2.45. The lowest BCUT2D eigenvalue weighted by Crippen LogP contribution is -1.98. The van der Waals surface area contributed by atoms with Crippen molar-refractivity contribution in [1.29, 1.82) is 0 Å². The highest BCUT2D eigenvalue weighted by molar-refractivity contribution is 9.11. The summed E-state index contributed by atoms with van der Waals surface area (Å²) in [7, 11) is 0. The van der Waals surface area contributed by atoms with E-state index in [1.54, 1.807) is 4.99 Å². The second-order valence-corrected chi connectivity index (χ2v) is 3.12. The zero-order valence-electron chi connectivity index (χ0n) is 6.90. The summed E-state index contributed by atoms with van der Waals surface area (Å²) < 4.78 is 5.46. The summed E-state index contributed by atoms with van der Waals surface area (Å²) in [6.07, 6.45) is 0. The zero-order chi connectivity index (χ0) is 9.10. The summed E-state index contributed by atoms with van der Waals surface area (Å²) >= 11 is 3.22. The van der Waals surface area contributed by atoms with Gasteiger partial charge in [-0.1, -0.05) is 34.1 Å². The summed E-state index contributed by atoms with van der Waals surface area (Å²) in [5.74, 6) is 1.55. The lowest BCUT2D eigenvalue weighted by Gasteiger charge is -2.00. The molecule has 1 aliphatic heterocycles. The van der Waals surface area contributed by atoms with Gasteiger partial charge in [0.05, 0.1) is 0 Å². The van der Waals surface area contributed by atoms with Gasteiger partial charge in [0, 0.05) is 10.5 Å². The van der Waals surface area contributed by atoms with Crippen molar-refractivity contribution in [2.45, 2.75) is 0 Å². The predicted octanol–water partition coefficient (Wildman–Crippen LogP) is 2.70. The van der Waals surface area contributed by atoms with Crippen molar-refractivity contribution < 1.29 is 4.74 Å². The summed E-state index contributed by atoms with van der Waals surface area (Å²) in [6, 6.07) is 9.88. The first-order chi connectivity index (χ1) is 6.40. The van der Waals surface area contributed by atoms with E-state index in [0.29, 0.717) is 12.4 Å². The van der Waals surface area contributed by atoms with Crippen LogP contribution in [0.25, 0.3) is 0 Å². The molecule has 0 saturated carbocycles. The Balaban J connectivity index is 2.22. The van der Waals surface area contributed by atoms with Crippen LogP contribution in [0.5, 0.6) is 0 Å². The maximum atomic E-state index is 5.46. The van der Waals surface area contributed by atoms with Gasteiger partial charge in [-0.25, -0.2) is 4.99 Å². The fraction of sp³-hybridized carbons (Fsp3) is 0.100. The lowest BCUT2D eigenvalue weighted by molar-refractivity contribution is 0.441. The van der Waals surface area contributed by atoms with Gasteiger partial charge in [0.1, 0.15) is 12.3 Å². The Morgan fingerprint density at radius 1 is 1.31 bits per heavy atom. The third-order valence-electron chi connectivity index (χ3n) is 1.75. The highest BCUT2D eigenvalue weighted by atomic mass is 79.9. The Labute approximate surface area is 85.1 Å².